The van der Waals surface area contributed by atoms with Gasteiger partial charge in [0.05, 0.1) is 5.69 Å². The van der Waals surface area contributed by atoms with E-state index in [2.05, 4.69) is 48.2 Å². The van der Waals surface area contributed by atoms with Crippen LogP contribution in [0.25, 0.3) is 0 Å². The van der Waals surface area contributed by atoms with Crippen molar-refractivity contribution in [2.75, 3.05) is 0 Å². The molecule has 0 amide bonds. The van der Waals surface area contributed by atoms with Crippen molar-refractivity contribution in [3.63, 3.8) is 0 Å². The molecular weight excluding hydrogens is 236 g/mol. The van der Waals surface area contributed by atoms with Crippen LogP contribution in [-0.4, -0.2) is 15.8 Å². The first kappa shape index (κ1) is 14.5. The van der Waals surface area contributed by atoms with Crippen molar-refractivity contribution in [1.82, 2.24) is 15.2 Å². The third kappa shape index (κ3) is 3.57. The summed E-state index contributed by atoms with van der Waals surface area (Å²) in [5, 5.41) is 4.68. The Morgan fingerprint density at radius 3 is 2.89 bits per heavy atom. The van der Waals surface area contributed by atoms with Crippen molar-refractivity contribution in [1.29, 1.82) is 0 Å². The summed E-state index contributed by atoms with van der Waals surface area (Å²) < 4.78 is 2.07. The number of hydrazine groups is 1. The molecule has 0 saturated heterocycles. The van der Waals surface area contributed by atoms with Crippen LogP contribution < -0.4 is 11.3 Å². The van der Waals surface area contributed by atoms with Gasteiger partial charge in [0.15, 0.2) is 0 Å². The lowest BCUT2D eigenvalue weighted by molar-refractivity contribution is 0.348. The lowest BCUT2D eigenvalue weighted by Gasteiger charge is -2.22. The minimum absolute atomic E-state index is 0.366. The lowest BCUT2D eigenvalue weighted by atomic mass is 9.94. The highest BCUT2D eigenvalue weighted by atomic mass is 15.3. The maximum absolute atomic E-state index is 5.75. The van der Waals surface area contributed by atoms with E-state index in [-0.39, 0.29) is 0 Å². The van der Waals surface area contributed by atoms with E-state index in [0.29, 0.717) is 18.0 Å². The van der Waals surface area contributed by atoms with Gasteiger partial charge in [-0.05, 0) is 44.1 Å². The zero-order valence-electron chi connectivity index (χ0n) is 12.5. The molecule has 108 valence electrons. The summed E-state index contributed by atoms with van der Waals surface area (Å²) in [5.74, 6) is 7.30. The fourth-order valence-corrected chi connectivity index (χ4v) is 3.12. The Morgan fingerprint density at radius 1 is 1.53 bits per heavy atom. The molecule has 4 nitrogen and oxygen atoms in total. The Kier molecular flexibility index (Phi) is 4.99. The van der Waals surface area contributed by atoms with Gasteiger partial charge in [-0.3, -0.25) is 16.0 Å². The van der Waals surface area contributed by atoms with Crippen LogP contribution in [-0.2, 0) is 6.42 Å². The molecule has 1 saturated carbocycles. The zero-order valence-corrected chi connectivity index (χ0v) is 12.5. The predicted molar refractivity (Wildman–Crippen MR) is 78.5 cm³/mol. The van der Waals surface area contributed by atoms with Crippen LogP contribution in [0, 0.1) is 11.8 Å². The van der Waals surface area contributed by atoms with Crippen LogP contribution >= 0.6 is 0 Å². The van der Waals surface area contributed by atoms with Crippen molar-refractivity contribution < 1.29 is 0 Å². The van der Waals surface area contributed by atoms with Crippen LogP contribution in [0.2, 0.25) is 0 Å². The highest BCUT2D eigenvalue weighted by Crippen LogP contribution is 2.33. The molecule has 4 unspecified atom stereocenters. The monoisotopic (exact) mass is 264 g/mol. The molecule has 4 heteroatoms. The number of nitrogens with two attached hydrogens (primary N) is 1. The second kappa shape index (κ2) is 6.53. The smallest absolute Gasteiger partial charge is 0.0640 e. The van der Waals surface area contributed by atoms with Crippen LogP contribution in [0.1, 0.15) is 58.2 Å². The van der Waals surface area contributed by atoms with Gasteiger partial charge in [-0.25, -0.2) is 0 Å². The molecule has 1 aliphatic carbocycles. The first-order valence-electron chi connectivity index (χ1n) is 7.64. The number of rotatable bonds is 6. The second-order valence-corrected chi connectivity index (χ2v) is 6.20. The Labute approximate surface area is 116 Å². The third-order valence-corrected chi connectivity index (χ3v) is 4.65. The minimum Gasteiger partial charge on any atom is -0.271 e. The topological polar surface area (TPSA) is 55.9 Å². The molecule has 1 heterocycles. The molecule has 0 aromatic carbocycles. The summed E-state index contributed by atoms with van der Waals surface area (Å²) in [5.41, 5.74) is 4.17. The molecule has 1 aromatic heterocycles. The van der Waals surface area contributed by atoms with Crippen molar-refractivity contribution >= 4 is 0 Å². The maximum Gasteiger partial charge on any atom is 0.0640 e. The predicted octanol–water partition coefficient (Wildman–Crippen LogP) is 2.66. The molecule has 1 aromatic rings. The Hall–Kier alpha value is -0.870. The number of nitrogens with zero attached hydrogens (tertiary/aromatic N) is 2. The molecule has 0 bridgehead atoms. The normalized spacial score (nSPS) is 26.5. The number of hydrogen-bond donors (Lipinski definition) is 2. The molecule has 0 aliphatic heterocycles. The van der Waals surface area contributed by atoms with Gasteiger partial charge in [0.25, 0.3) is 0 Å². The largest absolute Gasteiger partial charge is 0.271 e. The number of hydrogen-bond acceptors (Lipinski definition) is 3. The fraction of sp³-hybridized carbons (Fsp3) is 0.800. The van der Waals surface area contributed by atoms with Crippen molar-refractivity contribution in [3.8, 4) is 0 Å². The summed E-state index contributed by atoms with van der Waals surface area (Å²) in [7, 11) is 0. The average Bonchev–Trinajstić information content (AvgIpc) is 3.04. The summed E-state index contributed by atoms with van der Waals surface area (Å²) in [6.45, 7) is 6.73. The first-order valence-corrected chi connectivity index (χ1v) is 7.64. The van der Waals surface area contributed by atoms with Crippen LogP contribution in [0.3, 0.4) is 0 Å². The van der Waals surface area contributed by atoms with E-state index in [4.69, 9.17) is 5.84 Å². The van der Waals surface area contributed by atoms with E-state index >= 15 is 0 Å². The maximum atomic E-state index is 5.75. The molecule has 1 fully saturated rings. The Bertz CT molecular complexity index is 387. The second-order valence-electron chi connectivity index (χ2n) is 6.20. The number of aromatic nitrogens is 2. The van der Waals surface area contributed by atoms with E-state index in [9.17, 15) is 0 Å². The van der Waals surface area contributed by atoms with Crippen LogP contribution in [0.5, 0.6) is 0 Å². The SMILES string of the molecule is CCC(C)n1ccc(CC(NN)C2CCC(C)C2)n1. The Balaban J connectivity index is 1.96. The van der Waals surface area contributed by atoms with Gasteiger partial charge in [-0.15, -0.1) is 0 Å². The third-order valence-electron chi connectivity index (χ3n) is 4.65. The molecule has 0 radical (unpaired) electrons. The lowest BCUT2D eigenvalue weighted by Crippen LogP contribution is -2.41. The van der Waals surface area contributed by atoms with E-state index in [1.54, 1.807) is 0 Å². The zero-order chi connectivity index (χ0) is 13.8. The highest BCUT2D eigenvalue weighted by molar-refractivity contribution is 5.03. The highest BCUT2D eigenvalue weighted by Gasteiger charge is 2.28. The molecule has 19 heavy (non-hydrogen) atoms. The molecular formula is C15H28N4. The Morgan fingerprint density at radius 2 is 2.32 bits per heavy atom. The average molecular weight is 264 g/mol. The molecule has 4 atom stereocenters. The van der Waals surface area contributed by atoms with Gasteiger partial charge in [0.2, 0.25) is 0 Å². The van der Waals surface area contributed by atoms with Gasteiger partial charge in [0.1, 0.15) is 0 Å². The standard InChI is InChI=1S/C15H28N4/c1-4-12(3)19-8-7-14(18-19)10-15(17-16)13-6-5-11(2)9-13/h7-8,11-13,15,17H,4-6,9-10,16H2,1-3H3. The van der Waals surface area contributed by atoms with Gasteiger partial charge in [-0.2, -0.15) is 5.10 Å². The summed E-state index contributed by atoms with van der Waals surface area (Å²) in [4.78, 5) is 0. The van der Waals surface area contributed by atoms with Crippen molar-refractivity contribution in [3.05, 3.63) is 18.0 Å². The van der Waals surface area contributed by atoms with E-state index in [1.807, 2.05) is 0 Å². The van der Waals surface area contributed by atoms with Crippen molar-refractivity contribution in [2.45, 2.75) is 65.0 Å². The van der Waals surface area contributed by atoms with Gasteiger partial charge in [-0.1, -0.05) is 20.3 Å². The van der Waals surface area contributed by atoms with Gasteiger partial charge < -0.3 is 0 Å². The van der Waals surface area contributed by atoms with Gasteiger partial charge >= 0.3 is 0 Å². The van der Waals surface area contributed by atoms with Crippen molar-refractivity contribution in [2.24, 2.45) is 17.7 Å². The summed E-state index contributed by atoms with van der Waals surface area (Å²) >= 11 is 0. The van der Waals surface area contributed by atoms with E-state index in [1.165, 1.54) is 19.3 Å². The number of nitrogens with one attached hydrogen (secondary N) is 1. The fourth-order valence-electron chi connectivity index (χ4n) is 3.12. The molecule has 3 N–H and O–H groups in total. The summed E-state index contributed by atoms with van der Waals surface area (Å²) in [6, 6.07) is 2.98. The van der Waals surface area contributed by atoms with Crippen LogP contribution in [0.15, 0.2) is 12.3 Å². The quantitative estimate of drug-likeness (QED) is 0.613. The summed E-state index contributed by atoms with van der Waals surface area (Å²) in [6.07, 6.45) is 8.07. The molecule has 1 aliphatic rings. The van der Waals surface area contributed by atoms with Crippen LogP contribution in [0.4, 0.5) is 0 Å². The first-order chi connectivity index (χ1) is 9.13. The van der Waals surface area contributed by atoms with E-state index in [0.717, 1.165) is 24.5 Å². The minimum atomic E-state index is 0.366. The molecule has 2 rings (SSSR count). The molecule has 0 spiro atoms. The van der Waals surface area contributed by atoms with Gasteiger partial charge in [0, 0.05) is 24.7 Å². The van der Waals surface area contributed by atoms with E-state index < -0.39 is 0 Å².